The summed E-state index contributed by atoms with van der Waals surface area (Å²) in [5.74, 6) is -0.144. The number of anilines is 1. The summed E-state index contributed by atoms with van der Waals surface area (Å²) in [5, 5.41) is 10.1. The van der Waals surface area contributed by atoms with Crippen LogP contribution in [0.15, 0.2) is 28.2 Å². The van der Waals surface area contributed by atoms with Gasteiger partial charge in [0.2, 0.25) is 5.91 Å². The number of carbonyl (C=O) groups excluding carboxylic acids is 1. The largest absolute Gasteiger partial charge is 0.356 e. The number of hydrogen-bond donors (Lipinski definition) is 1. The first kappa shape index (κ1) is 12.8. The van der Waals surface area contributed by atoms with Crippen LogP contribution in [0.3, 0.4) is 0 Å². The summed E-state index contributed by atoms with van der Waals surface area (Å²) in [6.07, 6.45) is 1.83. The van der Waals surface area contributed by atoms with Gasteiger partial charge in [-0.15, -0.1) is 11.3 Å². The van der Waals surface area contributed by atoms with E-state index in [-0.39, 0.29) is 12.3 Å². The Hall–Kier alpha value is -2.21. The van der Waals surface area contributed by atoms with Crippen LogP contribution in [0.2, 0.25) is 0 Å². The first-order valence-corrected chi connectivity index (χ1v) is 7.06. The predicted molar refractivity (Wildman–Crippen MR) is 77.9 cm³/mol. The Labute approximate surface area is 119 Å². The quantitative estimate of drug-likeness (QED) is 0.803. The Morgan fingerprint density at radius 2 is 2.25 bits per heavy atom. The topological polar surface area (TPSA) is 68.0 Å². The number of thiazole rings is 1. The van der Waals surface area contributed by atoms with Crippen LogP contribution in [0.4, 0.5) is 5.13 Å². The van der Waals surface area contributed by atoms with E-state index < -0.39 is 0 Å². The molecule has 0 saturated heterocycles. The molecule has 0 spiro atoms. The van der Waals surface area contributed by atoms with Gasteiger partial charge in [0.1, 0.15) is 5.69 Å². The van der Waals surface area contributed by atoms with Crippen molar-refractivity contribution in [3.63, 3.8) is 0 Å². The molecule has 1 amide bonds. The van der Waals surface area contributed by atoms with Crippen LogP contribution in [0, 0.1) is 13.8 Å². The van der Waals surface area contributed by atoms with Gasteiger partial charge in [-0.1, -0.05) is 11.2 Å². The van der Waals surface area contributed by atoms with E-state index in [4.69, 9.17) is 4.52 Å². The lowest BCUT2D eigenvalue weighted by atomic mass is 10.1. The summed E-state index contributed by atoms with van der Waals surface area (Å²) >= 11 is 1.39. The minimum absolute atomic E-state index is 0.144. The average Bonchev–Trinajstić information content (AvgIpc) is 3.00. The van der Waals surface area contributed by atoms with Crippen LogP contribution in [-0.4, -0.2) is 16.0 Å². The highest BCUT2D eigenvalue weighted by molar-refractivity contribution is 7.13. The van der Waals surface area contributed by atoms with Crippen molar-refractivity contribution in [2.75, 3.05) is 5.32 Å². The molecular weight excluding hydrogens is 274 g/mol. The van der Waals surface area contributed by atoms with E-state index in [0.717, 1.165) is 22.1 Å². The molecular formula is C14H13N3O2S. The van der Waals surface area contributed by atoms with E-state index in [1.165, 1.54) is 11.3 Å². The van der Waals surface area contributed by atoms with E-state index in [1.807, 2.05) is 31.4 Å². The van der Waals surface area contributed by atoms with Crippen LogP contribution in [0.5, 0.6) is 0 Å². The van der Waals surface area contributed by atoms with Gasteiger partial charge < -0.3 is 9.84 Å². The van der Waals surface area contributed by atoms with Gasteiger partial charge in [-0.2, -0.15) is 0 Å². The second kappa shape index (κ2) is 5.05. The summed E-state index contributed by atoms with van der Waals surface area (Å²) < 4.78 is 5.33. The van der Waals surface area contributed by atoms with Gasteiger partial charge in [-0.05, 0) is 31.0 Å². The van der Waals surface area contributed by atoms with Gasteiger partial charge in [0.25, 0.3) is 0 Å². The molecule has 0 atom stereocenters. The third-order valence-corrected chi connectivity index (χ3v) is 3.67. The molecule has 3 rings (SSSR count). The monoisotopic (exact) mass is 287 g/mol. The van der Waals surface area contributed by atoms with Crippen LogP contribution in [-0.2, 0) is 11.2 Å². The molecule has 0 unspecified atom stereocenters. The van der Waals surface area contributed by atoms with Crippen molar-refractivity contribution in [3.8, 4) is 0 Å². The van der Waals surface area contributed by atoms with Crippen molar-refractivity contribution in [3.05, 3.63) is 40.5 Å². The predicted octanol–water partition coefficient (Wildman–Crippen LogP) is 3.08. The highest BCUT2D eigenvalue weighted by Gasteiger charge is 2.15. The Morgan fingerprint density at radius 3 is 3.00 bits per heavy atom. The molecule has 0 radical (unpaired) electrons. The lowest BCUT2D eigenvalue weighted by Gasteiger charge is -2.00. The number of carbonyl (C=O) groups is 1. The van der Waals surface area contributed by atoms with Gasteiger partial charge in [0.15, 0.2) is 10.7 Å². The van der Waals surface area contributed by atoms with E-state index in [0.29, 0.717) is 10.8 Å². The van der Waals surface area contributed by atoms with Crippen molar-refractivity contribution < 1.29 is 9.32 Å². The van der Waals surface area contributed by atoms with Crippen LogP contribution < -0.4 is 5.32 Å². The second-order valence-electron chi connectivity index (χ2n) is 4.65. The first-order chi connectivity index (χ1) is 9.63. The normalized spacial score (nSPS) is 10.9. The Balaban J connectivity index is 1.86. The number of nitrogens with zero attached hydrogens (tertiary/aromatic N) is 2. The van der Waals surface area contributed by atoms with Gasteiger partial charge >= 0.3 is 0 Å². The molecule has 0 saturated carbocycles. The SMILES string of the molecule is Cc1cc(C)c2onc(CC(=O)Nc3nccs3)c2c1. The molecule has 0 aliphatic rings. The zero-order valence-corrected chi connectivity index (χ0v) is 12.0. The summed E-state index contributed by atoms with van der Waals surface area (Å²) in [5.41, 5.74) is 3.55. The van der Waals surface area contributed by atoms with E-state index in [2.05, 4.69) is 15.5 Å². The van der Waals surface area contributed by atoms with Gasteiger partial charge in [0, 0.05) is 17.0 Å². The average molecular weight is 287 g/mol. The number of nitrogens with one attached hydrogen (secondary N) is 1. The van der Waals surface area contributed by atoms with Crippen molar-refractivity contribution in [2.24, 2.45) is 0 Å². The molecule has 5 nitrogen and oxygen atoms in total. The number of amides is 1. The Bertz CT molecular complexity index is 762. The standard InChI is InChI=1S/C14H13N3O2S/c1-8-5-9(2)13-10(6-8)11(17-19-13)7-12(18)16-14-15-3-4-20-14/h3-6H,7H2,1-2H3,(H,15,16,18). The maximum atomic E-state index is 12.0. The molecule has 20 heavy (non-hydrogen) atoms. The third-order valence-electron chi connectivity index (χ3n) is 2.98. The van der Waals surface area contributed by atoms with Crippen LogP contribution >= 0.6 is 11.3 Å². The lowest BCUT2D eigenvalue weighted by Crippen LogP contribution is -2.14. The van der Waals surface area contributed by atoms with E-state index in [1.54, 1.807) is 6.20 Å². The number of rotatable bonds is 3. The van der Waals surface area contributed by atoms with Crippen LogP contribution in [0.25, 0.3) is 11.0 Å². The third kappa shape index (κ3) is 2.42. The minimum Gasteiger partial charge on any atom is -0.356 e. The summed E-state index contributed by atoms with van der Waals surface area (Å²) in [6.45, 7) is 3.98. The summed E-state index contributed by atoms with van der Waals surface area (Å²) in [6, 6.07) is 4.03. The van der Waals surface area contributed by atoms with Crippen molar-refractivity contribution in [2.45, 2.75) is 20.3 Å². The maximum absolute atomic E-state index is 12.0. The molecule has 102 valence electrons. The molecule has 0 aliphatic heterocycles. The zero-order valence-electron chi connectivity index (χ0n) is 11.1. The fourth-order valence-corrected chi connectivity index (χ4v) is 2.71. The van der Waals surface area contributed by atoms with Crippen molar-refractivity contribution >= 4 is 33.3 Å². The zero-order chi connectivity index (χ0) is 14.1. The number of benzene rings is 1. The Morgan fingerprint density at radius 1 is 1.40 bits per heavy atom. The molecule has 1 N–H and O–H groups in total. The molecule has 2 heterocycles. The fraction of sp³-hybridized carbons (Fsp3) is 0.214. The maximum Gasteiger partial charge on any atom is 0.232 e. The fourth-order valence-electron chi connectivity index (χ4n) is 2.17. The van der Waals surface area contributed by atoms with E-state index >= 15 is 0 Å². The van der Waals surface area contributed by atoms with Gasteiger partial charge in [0.05, 0.1) is 6.42 Å². The summed E-state index contributed by atoms with van der Waals surface area (Å²) in [4.78, 5) is 16.0. The highest BCUT2D eigenvalue weighted by Crippen LogP contribution is 2.24. The molecule has 1 aromatic carbocycles. The van der Waals surface area contributed by atoms with Crippen molar-refractivity contribution in [1.29, 1.82) is 0 Å². The van der Waals surface area contributed by atoms with Gasteiger partial charge in [-0.25, -0.2) is 4.98 Å². The number of aromatic nitrogens is 2. The number of fused-ring (bicyclic) bond motifs is 1. The Kier molecular flexibility index (Phi) is 3.23. The van der Waals surface area contributed by atoms with E-state index in [9.17, 15) is 4.79 Å². The summed E-state index contributed by atoms with van der Waals surface area (Å²) in [7, 11) is 0. The van der Waals surface area contributed by atoms with Crippen molar-refractivity contribution in [1.82, 2.24) is 10.1 Å². The second-order valence-corrected chi connectivity index (χ2v) is 5.54. The molecule has 0 aliphatic carbocycles. The smallest absolute Gasteiger partial charge is 0.232 e. The number of hydrogen-bond acceptors (Lipinski definition) is 5. The first-order valence-electron chi connectivity index (χ1n) is 6.18. The molecule has 3 aromatic rings. The molecule has 6 heteroatoms. The van der Waals surface area contributed by atoms with Gasteiger partial charge in [-0.3, -0.25) is 4.79 Å². The highest BCUT2D eigenvalue weighted by atomic mass is 32.1. The molecule has 2 aromatic heterocycles. The lowest BCUT2D eigenvalue weighted by molar-refractivity contribution is -0.115. The molecule has 0 fully saturated rings. The molecule has 0 bridgehead atoms. The number of aryl methyl sites for hydroxylation is 2. The minimum atomic E-state index is -0.144. The van der Waals surface area contributed by atoms with Crippen LogP contribution in [0.1, 0.15) is 16.8 Å².